The van der Waals surface area contributed by atoms with Gasteiger partial charge in [-0.15, -0.1) is 12.4 Å². The van der Waals surface area contributed by atoms with Gasteiger partial charge in [-0.3, -0.25) is 4.79 Å². The van der Waals surface area contributed by atoms with Crippen LogP contribution in [0.1, 0.15) is 48.5 Å². The van der Waals surface area contributed by atoms with Gasteiger partial charge in [0.25, 0.3) is 0 Å². The first kappa shape index (κ1) is 18.1. The lowest BCUT2D eigenvalue weighted by Crippen LogP contribution is -2.31. The van der Waals surface area contributed by atoms with E-state index in [0.29, 0.717) is 25.2 Å². The third-order valence-corrected chi connectivity index (χ3v) is 4.80. The Morgan fingerprint density at radius 3 is 2.74 bits per heavy atom. The van der Waals surface area contributed by atoms with E-state index in [1.807, 2.05) is 6.92 Å². The van der Waals surface area contributed by atoms with Crippen molar-refractivity contribution in [3.05, 3.63) is 22.8 Å². The number of aryl methyl sites for hydroxylation is 2. The third-order valence-electron chi connectivity index (χ3n) is 4.80. The van der Waals surface area contributed by atoms with E-state index >= 15 is 0 Å². The molecule has 23 heavy (non-hydrogen) atoms. The Morgan fingerprint density at radius 1 is 1.30 bits per heavy atom. The van der Waals surface area contributed by atoms with E-state index in [9.17, 15) is 9.90 Å². The molecule has 1 saturated carbocycles. The van der Waals surface area contributed by atoms with Crippen LogP contribution in [-0.2, 0) is 24.2 Å². The number of hydrogen-bond donors (Lipinski definition) is 3. The highest BCUT2D eigenvalue weighted by Gasteiger charge is 2.34. The zero-order valence-electron chi connectivity index (χ0n) is 13.4. The number of nitrogens with one attached hydrogen (secondary N) is 1. The van der Waals surface area contributed by atoms with Crippen LogP contribution in [0, 0.1) is 12.8 Å². The Kier molecular flexibility index (Phi) is 5.95. The monoisotopic (exact) mass is 340 g/mol. The Morgan fingerprint density at radius 2 is 2.04 bits per heavy atom. The lowest BCUT2D eigenvalue weighted by Gasteiger charge is -2.18. The summed E-state index contributed by atoms with van der Waals surface area (Å²) in [5, 5.41) is 12.5. The van der Waals surface area contributed by atoms with Gasteiger partial charge in [0.2, 0.25) is 5.91 Å². The maximum atomic E-state index is 12.2. The van der Waals surface area contributed by atoms with Crippen molar-refractivity contribution >= 4 is 18.3 Å². The molecule has 128 valence electrons. The Balaban J connectivity index is 0.00000192. The molecule has 4 N–H and O–H groups in total. The number of aliphatic hydroxyl groups is 1. The van der Waals surface area contributed by atoms with Crippen LogP contribution >= 0.6 is 12.4 Å². The van der Waals surface area contributed by atoms with Gasteiger partial charge >= 0.3 is 0 Å². The molecule has 1 amide bonds. The number of nitrogens with zero attached hydrogens (tertiary/aromatic N) is 2. The molecular weight excluding hydrogens is 316 g/mol. The van der Waals surface area contributed by atoms with Crippen LogP contribution in [0.25, 0.3) is 0 Å². The number of halogens is 1. The summed E-state index contributed by atoms with van der Waals surface area (Å²) in [7, 11) is 0. The van der Waals surface area contributed by atoms with Gasteiger partial charge in [0.15, 0.2) is 0 Å². The number of amides is 1. The number of aliphatic hydroxyl groups excluding tert-OH is 1. The molecule has 2 aliphatic rings. The molecule has 6 nitrogen and oxygen atoms in total. The molecule has 3 atom stereocenters. The SMILES string of the molecule is Cc1nc(CNC(=O)[C@H]2C[C@@H](N)[C@H](O)C2)nc2c1CCCC2.Cl. The third kappa shape index (κ3) is 4.00. The fourth-order valence-electron chi connectivity index (χ4n) is 3.50. The fourth-order valence-corrected chi connectivity index (χ4v) is 3.50. The second-order valence-corrected chi connectivity index (χ2v) is 6.47. The topological polar surface area (TPSA) is 101 Å². The summed E-state index contributed by atoms with van der Waals surface area (Å²) in [6, 6.07) is -0.294. The zero-order valence-corrected chi connectivity index (χ0v) is 14.2. The first-order chi connectivity index (χ1) is 10.5. The van der Waals surface area contributed by atoms with Crippen molar-refractivity contribution in [2.45, 2.75) is 64.1 Å². The van der Waals surface area contributed by atoms with E-state index in [1.165, 1.54) is 18.4 Å². The van der Waals surface area contributed by atoms with Crippen molar-refractivity contribution in [3.63, 3.8) is 0 Å². The zero-order chi connectivity index (χ0) is 15.7. The Bertz CT molecular complexity index is 571. The summed E-state index contributed by atoms with van der Waals surface area (Å²) in [5.74, 6) is 0.407. The minimum atomic E-state index is -0.571. The van der Waals surface area contributed by atoms with Crippen LogP contribution in [-0.4, -0.2) is 33.1 Å². The fraction of sp³-hybridized carbons (Fsp3) is 0.688. The van der Waals surface area contributed by atoms with Crippen molar-refractivity contribution in [1.82, 2.24) is 15.3 Å². The van der Waals surface area contributed by atoms with Gasteiger partial charge in [0.1, 0.15) is 5.82 Å². The number of rotatable bonds is 3. The Labute approximate surface area is 142 Å². The summed E-state index contributed by atoms with van der Waals surface area (Å²) in [6.45, 7) is 2.36. The van der Waals surface area contributed by atoms with E-state index in [2.05, 4.69) is 15.3 Å². The van der Waals surface area contributed by atoms with Crippen molar-refractivity contribution in [3.8, 4) is 0 Å². The molecular formula is C16H25ClN4O2. The van der Waals surface area contributed by atoms with Crippen molar-refractivity contribution < 1.29 is 9.90 Å². The average molecular weight is 341 g/mol. The summed E-state index contributed by atoms with van der Waals surface area (Å²) < 4.78 is 0. The molecule has 0 saturated heterocycles. The predicted octanol–water partition coefficient (Wildman–Crippen LogP) is 0.800. The minimum Gasteiger partial charge on any atom is -0.391 e. The first-order valence-corrected chi connectivity index (χ1v) is 8.11. The summed E-state index contributed by atoms with van der Waals surface area (Å²) in [5.41, 5.74) is 9.21. The van der Waals surface area contributed by atoms with E-state index in [1.54, 1.807) is 0 Å². The molecule has 1 heterocycles. The number of hydrogen-bond acceptors (Lipinski definition) is 5. The molecule has 0 aliphatic heterocycles. The molecule has 0 spiro atoms. The minimum absolute atomic E-state index is 0. The van der Waals surface area contributed by atoms with Gasteiger partial charge in [0.05, 0.1) is 12.6 Å². The van der Waals surface area contributed by atoms with E-state index in [4.69, 9.17) is 5.73 Å². The van der Waals surface area contributed by atoms with Crippen LogP contribution in [0.5, 0.6) is 0 Å². The summed E-state index contributed by atoms with van der Waals surface area (Å²) in [4.78, 5) is 21.3. The largest absolute Gasteiger partial charge is 0.391 e. The smallest absolute Gasteiger partial charge is 0.223 e. The normalized spacial score (nSPS) is 26.3. The van der Waals surface area contributed by atoms with Gasteiger partial charge in [-0.2, -0.15) is 0 Å². The maximum absolute atomic E-state index is 12.2. The average Bonchev–Trinajstić information content (AvgIpc) is 2.84. The van der Waals surface area contributed by atoms with Crippen LogP contribution in [0.2, 0.25) is 0 Å². The number of fused-ring (bicyclic) bond motifs is 1. The number of nitrogens with two attached hydrogens (primary N) is 1. The highest BCUT2D eigenvalue weighted by molar-refractivity contribution is 5.85. The molecule has 1 aromatic heterocycles. The molecule has 0 aromatic carbocycles. The molecule has 1 aromatic rings. The highest BCUT2D eigenvalue weighted by atomic mass is 35.5. The van der Waals surface area contributed by atoms with Gasteiger partial charge < -0.3 is 16.2 Å². The second-order valence-electron chi connectivity index (χ2n) is 6.47. The predicted molar refractivity (Wildman–Crippen MR) is 89.2 cm³/mol. The van der Waals surface area contributed by atoms with Gasteiger partial charge in [-0.25, -0.2) is 9.97 Å². The van der Waals surface area contributed by atoms with Gasteiger partial charge in [-0.05, 0) is 51.0 Å². The molecule has 0 radical (unpaired) electrons. The number of aromatic nitrogens is 2. The quantitative estimate of drug-likeness (QED) is 0.755. The van der Waals surface area contributed by atoms with Gasteiger partial charge in [0, 0.05) is 23.3 Å². The summed E-state index contributed by atoms with van der Waals surface area (Å²) >= 11 is 0. The number of carbonyl (C=O) groups is 1. The number of carbonyl (C=O) groups excluding carboxylic acids is 1. The van der Waals surface area contributed by atoms with E-state index < -0.39 is 6.10 Å². The van der Waals surface area contributed by atoms with Crippen LogP contribution in [0.3, 0.4) is 0 Å². The Hall–Kier alpha value is -1.24. The molecule has 3 rings (SSSR count). The lowest BCUT2D eigenvalue weighted by molar-refractivity contribution is -0.125. The van der Waals surface area contributed by atoms with Gasteiger partial charge in [-0.1, -0.05) is 0 Å². The molecule has 0 unspecified atom stereocenters. The molecule has 2 aliphatic carbocycles. The van der Waals surface area contributed by atoms with Crippen LogP contribution in [0.4, 0.5) is 0 Å². The molecule has 0 bridgehead atoms. The van der Waals surface area contributed by atoms with E-state index in [0.717, 1.165) is 24.2 Å². The second kappa shape index (κ2) is 7.55. The maximum Gasteiger partial charge on any atom is 0.223 e. The molecule has 7 heteroatoms. The van der Waals surface area contributed by atoms with Crippen molar-refractivity contribution in [1.29, 1.82) is 0 Å². The first-order valence-electron chi connectivity index (χ1n) is 8.11. The van der Waals surface area contributed by atoms with Crippen molar-refractivity contribution in [2.24, 2.45) is 11.7 Å². The lowest BCUT2D eigenvalue weighted by atomic mass is 9.95. The van der Waals surface area contributed by atoms with Crippen LogP contribution < -0.4 is 11.1 Å². The highest BCUT2D eigenvalue weighted by Crippen LogP contribution is 2.25. The standard InChI is InChI=1S/C16H24N4O2.ClH/c1-9-11-4-2-3-5-13(11)20-15(19-9)8-18-16(22)10-6-12(17)14(21)7-10;/h10,12,14,21H,2-8,17H2,1H3,(H,18,22);1H/t10-,12+,14+;/m0./s1. The molecule has 1 fully saturated rings. The van der Waals surface area contributed by atoms with Crippen molar-refractivity contribution in [2.75, 3.05) is 0 Å². The summed E-state index contributed by atoms with van der Waals surface area (Å²) in [6.07, 6.45) is 4.85. The van der Waals surface area contributed by atoms with E-state index in [-0.39, 0.29) is 30.3 Å². The van der Waals surface area contributed by atoms with Crippen LogP contribution in [0.15, 0.2) is 0 Å².